The minimum Gasteiger partial charge on any atom is -0.426 e. The Morgan fingerprint density at radius 3 is 1.80 bits per heavy atom. The van der Waals surface area contributed by atoms with Crippen LogP contribution in [0.5, 0.6) is 5.75 Å². The first-order valence-electron chi connectivity index (χ1n) is 5.47. The molecule has 2 nitrogen and oxygen atoms in total. The minimum atomic E-state index is -5.80. The van der Waals surface area contributed by atoms with Crippen LogP contribution in [0.4, 0.5) is 26.3 Å². The maximum absolute atomic E-state index is 12.8. The highest BCUT2D eigenvalue weighted by Crippen LogP contribution is 2.53. The highest BCUT2D eigenvalue weighted by molar-refractivity contribution is 5.81. The molecule has 0 heterocycles. The summed E-state index contributed by atoms with van der Waals surface area (Å²) in [7, 11) is 0. The molecule has 0 saturated heterocycles. The van der Waals surface area contributed by atoms with Crippen LogP contribution in [-0.4, -0.2) is 18.3 Å². The fourth-order valence-corrected chi connectivity index (χ4v) is 1.62. The van der Waals surface area contributed by atoms with Gasteiger partial charge in [0.05, 0.1) is 0 Å². The molecule has 1 rings (SSSR count). The van der Waals surface area contributed by atoms with E-state index in [1.165, 1.54) is 18.2 Å². The summed E-state index contributed by atoms with van der Waals surface area (Å²) in [6.45, 7) is 0.632. The Morgan fingerprint density at radius 1 is 1.00 bits per heavy atom. The number of ether oxygens (including phenoxy) is 1. The van der Waals surface area contributed by atoms with Crippen LogP contribution in [0.25, 0.3) is 0 Å². The summed E-state index contributed by atoms with van der Waals surface area (Å²) >= 11 is 0. The van der Waals surface area contributed by atoms with E-state index in [1.807, 2.05) is 0 Å². The molecule has 0 aliphatic heterocycles. The lowest BCUT2D eigenvalue weighted by molar-refractivity contribution is -0.330. The fourth-order valence-electron chi connectivity index (χ4n) is 1.62. The van der Waals surface area contributed by atoms with E-state index < -0.39 is 30.2 Å². The highest BCUT2D eigenvalue weighted by Gasteiger charge is 2.75. The number of carbonyl (C=O) groups is 1. The molecule has 0 unspecified atom stereocenters. The molecule has 0 aliphatic rings. The van der Waals surface area contributed by atoms with Gasteiger partial charge in [-0.15, -0.1) is 0 Å². The average Bonchev–Trinajstić information content (AvgIpc) is 2.27. The third-order valence-electron chi connectivity index (χ3n) is 2.80. The third kappa shape index (κ3) is 2.73. The van der Waals surface area contributed by atoms with Crippen molar-refractivity contribution >= 4 is 5.97 Å². The largest absolute Gasteiger partial charge is 0.426 e. The molecule has 0 aliphatic carbocycles. The molecule has 0 spiro atoms. The standard InChI is InChI=1S/C12H10F6O2/c1-2-10(11(13,14)15,12(16,17)18)9(19)20-8-6-4-3-5-7-8/h3-7H,2H2,1H3. The normalized spacial score (nSPS) is 13.2. The predicted octanol–water partition coefficient (Wildman–Crippen LogP) is 4.11. The lowest BCUT2D eigenvalue weighted by Gasteiger charge is -2.33. The van der Waals surface area contributed by atoms with Crippen molar-refractivity contribution in [1.29, 1.82) is 0 Å². The van der Waals surface area contributed by atoms with Crippen LogP contribution in [0.1, 0.15) is 13.3 Å². The van der Waals surface area contributed by atoms with Crippen LogP contribution in [0, 0.1) is 5.41 Å². The van der Waals surface area contributed by atoms with Crippen LogP contribution >= 0.6 is 0 Å². The van der Waals surface area contributed by atoms with E-state index in [-0.39, 0.29) is 5.75 Å². The van der Waals surface area contributed by atoms with Crippen molar-refractivity contribution in [2.24, 2.45) is 5.41 Å². The number of para-hydroxylation sites is 1. The minimum absolute atomic E-state index is 0.385. The summed E-state index contributed by atoms with van der Waals surface area (Å²) < 4.78 is 81.1. The topological polar surface area (TPSA) is 26.3 Å². The zero-order chi connectivity index (χ0) is 15.6. The van der Waals surface area contributed by atoms with Gasteiger partial charge in [-0.05, 0) is 18.6 Å². The summed E-state index contributed by atoms with van der Waals surface area (Å²) in [6, 6.07) is 6.28. The second kappa shape index (κ2) is 5.34. The van der Waals surface area contributed by atoms with Crippen molar-refractivity contribution in [1.82, 2.24) is 0 Å². The molecular weight excluding hydrogens is 290 g/mol. The Hall–Kier alpha value is -1.73. The molecule has 0 saturated carbocycles. The molecule has 0 N–H and O–H groups in total. The molecule has 112 valence electrons. The summed E-state index contributed by atoms with van der Waals surface area (Å²) in [4.78, 5) is 11.5. The summed E-state index contributed by atoms with van der Waals surface area (Å²) in [5, 5.41) is 0. The second-order valence-corrected chi connectivity index (χ2v) is 3.96. The van der Waals surface area contributed by atoms with Gasteiger partial charge in [0.25, 0.3) is 5.41 Å². The van der Waals surface area contributed by atoms with Gasteiger partial charge in [0, 0.05) is 0 Å². The predicted molar refractivity (Wildman–Crippen MR) is 56.9 cm³/mol. The lowest BCUT2D eigenvalue weighted by atomic mass is 9.83. The Kier molecular flexibility index (Phi) is 4.36. The number of rotatable bonds is 3. The third-order valence-corrected chi connectivity index (χ3v) is 2.80. The molecular formula is C12H10F6O2. The average molecular weight is 300 g/mol. The zero-order valence-electron chi connectivity index (χ0n) is 10.2. The maximum Gasteiger partial charge on any atom is 0.413 e. The van der Waals surface area contributed by atoms with Gasteiger partial charge in [-0.1, -0.05) is 25.1 Å². The Labute approximate surface area is 110 Å². The molecule has 0 bridgehead atoms. The van der Waals surface area contributed by atoms with E-state index in [1.54, 1.807) is 0 Å². The summed E-state index contributed by atoms with van der Waals surface area (Å²) in [5.74, 6) is -2.77. The van der Waals surface area contributed by atoms with E-state index in [2.05, 4.69) is 4.74 Å². The number of hydrogen-bond donors (Lipinski definition) is 0. The van der Waals surface area contributed by atoms with Crippen molar-refractivity contribution in [2.75, 3.05) is 0 Å². The molecule has 20 heavy (non-hydrogen) atoms. The van der Waals surface area contributed by atoms with Gasteiger partial charge in [-0.25, -0.2) is 0 Å². The number of hydrogen-bond acceptors (Lipinski definition) is 2. The van der Waals surface area contributed by atoms with Crippen LogP contribution < -0.4 is 4.74 Å². The van der Waals surface area contributed by atoms with Gasteiger partial charge in [0.1, 0.15) is 5.75 Å². The van der Waals surface area contributed by atoms with Crippen molar-refractivity contribution in [3.63, 3.8) is 0 Å². The first-order valence-corrected chi connectivity index (χ1v) is 5.47. The second-order valence-electron chi connectivity index (χ2n) is 3.96. The number of halogens is 6. The fraction of sp³-hybridized carbons (Fsp3) is 0.417. The number of benzene rings is 1. The first-order chi connectivity index (χ1) is 9.06. The van der Waals surface area contributed by atoms with Crippen LogP contribution in [-0.2, 0) is 4.79 Å². The SMILES string of the molecule is CCC(C(=O)Oc1ccccc1)(C(F)(F)F)C(F)(F)F. The Bertz CT molecular complexity index is 449. The van der Waals surface area contributed by atoms with Crippen molar-refractivity contribution < 1.29 is 35.9 Å². The molecule has 0 fully saturated rings. The molecule has 0 aromatic heterocycles. The van der Waals surface area contributed by atoms with Gasteiger partial charge in [-0.2, -0.15) is 26.3 Å². The first kappa shape index (κ1) is 16.3. The zero-order valence-corrected chi connectivity index (χ0v) is 10.2. The smallest absolute Gasteiger partial charge is 0.413 e. The molecule has 0 atom stereocenters. The van der Waals surface area contributed by atoms with Gasteiger partial charge in [-0.3, -0.25) is 4.79 Å². The van der Waals surface area contributed by atoms with E-state index in [0.29, 0.717) is 6.92 Å². The Morgan fingerprint density at radius 2 is 1.45 bits per heavy atom. The molecule has 0 radical (unpaired) electrons. The van der Waals surface area contributed by atoms with Crippen LogP contribution in [0.3, 0.4) is 0 Å². The van der Waals surface area contributed by atoms with Crippen LogP contribution in [0.2, 0.25) is 0 Å². The molecule has 1 aromatic rings. The maximum atomic E-state index is 12.8. The summed E-state index contributed by atoms with van der Waals surface area (Å²) in [6.07, 6.45) is -13.1. The lowest BCUT2D eigenvalue weighted by Crippen LogP contribution is -2.56. The molecule has 0 amide bonds. The van der Waals surface area contributed by atoms with Crippen molar-refractivity contribution in [3.8, 4) is 5.75 Å². The van der Waals surface area contributed by atoms with Gasteiger partial charge in [0.15, 0.2) is 0 Å². The number of esters is 1. The quantitative estimate of drug-likeness (QED) is 0.477. The van der Waals surface area contributed by atoms with Crippen molar-refractivity contribution in [2.45, 2.75) is 25.7 Å². The number of carbonyl (C=O) groups excluding carboxylic acids is 1. The van der Waals surface area contributed by atoms with E-state index in [9.17, 15) is 31.1 Å². The van der Waals surface area contributed by atoms with E-state index in [4.69, 9.17) is 0 Å². The highest BCUT2D eigenvalue weighted by atomic mass is 19.4. The molecule has 1 aromatic carbocycles. The summed E-state index contributed by atoms with van der Waals surface area (Å²) in [5.41, 5.74) is -4.53. The van der Waals surface area contributed by atoms with Gasteiger partial charge < -0.3 is 4.74 Å². The molecule has 8 heteroatoms. The van der Waals surface area contributed by atoms with E-state index >= 15 is 0 Å². The van der Waals surface area contributed by atoms with Gasteiger partial charge in [0.2, 0.25) is 0 Å². The van der Waals surface area contributed by atoms with Crippen LogP contribution in [0.15, 0.2) is 30.3 Å². The monoisotopic (exact) mass is 300 g/mol. The van der Waals surface area contributed by atoms with E-state index in [0.717, 1.165) is 12.1 Å². The number of alkyl halides is 6. The Balaban J connectivity index is 3.22. The van der Waals surface area contributed by atoms with Crippen molar-refractivity contribution in [3.05, 3.63) is 30.3 Å². The van der Waals surface area contributed by atoms with Gasteiger partial charge >= 0.3 is 18.3 Å².